The summed E-state index contributed by atoms with van der Waals surface area (Å²) in [6.07, 6.45) is -4.71. The Bertz CT molecular complexity index is 821. The first-order valence-electron chi connectivity index (χ1n) is 7.39. The molecule has 0 aliphatic heterocycles. The van der Waals surface area contributed by atoms with Gasteiger partial charge < -0.3 is 9.47 Å². The Labute approximate surface area is 151 Å². The van der Waals surface area contributed by atoms with Gasteiger partial charge in [-0.1, -0.05) is 25.4 Å². The predicted octanol–water partition coefficient (Wildman–Crippen LogP) is 4.83. The number of benzene rings is 1. The summed E-state index contributed by atoms with van der Waals surface area (Å²) in [5.74, 6) is -0.420. The normalized spacial score (nSPS) is 11.7. The molecule has 0 saturated carbocycles. The van der Waals surface area contributed by atoms with Gasteiger partial charge in [0.05, 0.1) is 11.5 Å². The Morgan fingerprint density at radius 2 is 2.04 bits per heavy atom. The van der Waals surface area contributed by atoms with Crippen LogP contribution in [-0.2, 0) is 13.2 Å². The summed E-state index contributed by atoms with van der Waals surface area (Å²) in [4.78, 5) is 10.4. The Morgan fingerprint density at radius 1 is 1.38 bits per heavy atom. The highest BCUT2D eigenvalue weighted by atomic mass is 35.5. The highest BCUT2D eigenvalue weighted by Crippen LogP contribution is 2.41. The summed E-state index contributed by atoms with van der Waals surface area (Å²) in [6.45, 7) is 3.93. The fraction of sp³-hybridized carbons (Fsp3) is 0.400. The molecular formula is C15H15ClF3N3O4. The minimum atomic E-state index is -4.71. The maximum absolute atomic E-state index is 12.9. The van der Waals surface area contributed by atoms with E-state index < -0.39 is 27.7 Å². The maximum Gasteiger partial charge on any atom is 0.434 e. The molecule has 0 unspecified atom stereocenters. The van der Waals surface area contributed by atoms with E-state index in [0.717, 1.165) is 13.1 Å². The first kappa shape index (κ1) is 19.8. The molecule has 1 aromatic carbocycles. The minimum absolute atomic E-state index is 0.00285. The fourth-order valence-corrected chi connectivity index (χ4v) is 2.34. The lowest BCUT2D eigenvalue weighted by atomic mass is 10.2. The quantitative estimate of drug-likeness (QED) is 0.519. The number of nitro benzene ring substituents is 1. The molecule has 142 valence electrons. The first-order chi connectivity index (χ1) is 12.0. The molecule has 2 aromatic rings. The van der Waals surface area contributed by atoms with E-state index in [1.807, 2.05) is 13.8 Å². The molecule has 0 aliphatic rings. The molecule has 0 spiro atoms. The van der Waals surface area contributed by atoms with Crippen LogP contribution in [0, 0.1) is 16.0 Å². The van der Waals surface area contributed by atoms with Gasteiger partial charge in [0.25, 0.3) is 5.88 Å². The minimum Gasteiger partial charge on any atom is -0.486 e. The molecule has 0 radical (unpaired) electrons. The Hall–Kier alpha value is -2.49. The van der Waals surface area contributed by atoms with Crippen LogP contribution >= 0.6 is 11.6 Å². The Morgan fingerprint density at radius 3 is 2.54 bits per heavy atom. The first-order valence-corrected chi connectivity index (χ1v) is 7.77. The van der Waals surface area contributed by atoms with Crippen LogP contribution in [0.3, 0.4) is 0 Å². The van der Waals surface area contributed by atoms with Gasteiger partial charge in [0, 0.05) is 19.2 Å². The molecule has 11 heteroatoms. The molecule has 0 atom stereocenters. The van der Waals surface area contributed by atoms with E-state index in [1.165, 1.54) is 12.1 Å². The molecule has 0 bridgehead atoms. The summed E-state index contributed by atoms with van der Waals surface area (Å²) in [5, 5.41) is 14.0. The van der Waals surface area contributed by atoms with Gasteiger partial charge in [-0.05, 0) is 12.0 Å². The maximum atomic E-state index is 12.9. The topological polar surface area (TPSA) is 79.4 Å². The third kappa shape index (κ3) is 4.37. The van der Waals surface area contributed by atoms with Gasteiger partial charge in [-0.2, -0.15) is 13.2 Å². The summed E-state index contributed by atoms with van der Waals surface area (Å²) < 4.78 is 50.1. The van der Waals surface area contributed by atoms with Crippen molar-refractivity contribution in [2.24, 2.45) is 13.0 Å². The standard InChI is InChI=1S/C15H15ClF3N3O4/c1-8(2)7-25-11-6-9(4-5-10(11)22(23)24)26-14-12(16)13(15(17,18)19)21(3)20-14/h4-6,8H,7H2,1-3H3. The van der Waals surface area contributed by atoms with Crippen LogP contribution in [0.2, 0.25) is 5.02 Å². The van der Waals surface area contributed by atoms with Gasteiger partial charge in [-0.15, -0.1) is 5.10 Å². The Balaban J connectivity index is 2.36. The third-order valence-corrected chi connectivity index (χ3v) is 3.48. The van der Waals surface area contributed by atoms with Gasteiger partial charge in [0.1, 0.15) is 10.8 Å². The van der Waals surface area contributed by atoms with Crippen molar-refractivity contribution in [3.63, 3.8) is 0 Å². The largest absolute Gasteiger partial charge is 0.486 e. The zero-order valence-electron chi connectivity index (χ0n) is 14.0. The second-order valence-corrected chi connectivity index (χ2v) is 6.16. The van der Waals surface area contributed by atoms with Crippen molar-refractivity contribution in [1.82, 2.24) is 9.78 Å². The van der Waals surface area contributed by atoms with E-state index in [1.54, 1.807) is 0 Å². The van der Waals surface area contributed by atoms with Crippen molar-refractivity contribution < 1.29 is 27.6 Å². The van der Waals surface area contributed by atoms with E-state index in [4.69, 9.17) is 21.1 Å². The van der Waals surface area contributed by atoms with Crippen LogP contribution in [-0.4, -0.2) is 21.3 Å². The highest BCUT2D eigenvalue weighted by Gasteiger charge is 2.39. The van der Waals surface area contributed by atoms with Gasteiger partial charge in [-0.3, -0.25) is 14.8 Å². The summed E-state index contributed by atoms with van der Waals surface area (Å²) in [6, 6.07) is 3.56. The number of halogens is 4. The van der Waals surface area contributed by atoms with Crippen molar-refractivity contribution in [2.75, 3.05) is 6.61 Å². The molecule has 0 saturated heterocycles. The lowest BCUT2D eigenvalue weighted by Gasteiger charge is -2.10. The molecule has 2 rings (SSSR count). The van der Waals surface area contributed by atoms with Crippen LogP contribution < -0.4 is 9.47 Å². The van der Waals surface area contributed by atoms with Crippen LogP contribution in [0.25, 0.3) is 0 Å². The summed E-state index contributed by atoms with van der Waals surface area (Å²) >= 11 is 5.72. The molecule has 0 fully saturated rings. The highest BCUT2D eigenvalue weighted by molar-refractivity contribution is 6.32. The lowest BCUT2D eigenvalue weighted by molar-refractivity contribution is -0.385. The summed E-state index contributed by atoms with van der Waals surface area (Å²) in [7, 11) is 1.08. The average Bonchev–Trinajstić information content (AvgIpc) is 2.78. The van der Waals surface area contributed by atoms with Crippen molar-refractivity contribution in [1.29, 1.82) is 0 Å². The number of aryl methyl sites for hydroxylation is 1. The number of hydrogen-bond donors (Lipinski definition) is 0. The zero-order valence-corrected chi connectivity index (χ0v) is 14.8. The zero-order chi connectivity index (χ0) is 19.6. The Kier molecular flexibility index (Phi) is 5.65. The fourth-order valence-electron chi connectivity index (χ4n) is 2.04. The van der Waals surface area contributed by atoms with Gasteiger partial charge in [0.15, 0.2) is 5.69 Å². The van der Waals surface area contributed by atoms with Crippen LogP contribution in [0.4, 0.5) is 18.9 Å². The monoisotopic (exact) mass is 393 g/mol. The van der Waals surface area contributed by atoms with E-state index in [-0.39, 0.29) is 29.7 Å². The van der Waals surface area contributed by atoms with Crippen molar-refractivity contribution in [3.8, 4) is 17.4 Å². The average molecular weight is 394 g/mol. The lowest BCUT2D eigenvalue weighted by Crippen LogP contribution is -2.12. The number of nitrogens with zero attached hydrogens (tertiary/aromatic N) is 3. The van der Waals surface area contributed by atoms with Crippen molar-refractivity contribution >= 4 is 17.3 Å². The SMILES string of the molecule is CC(C)COc1cc(Oc2nn(C)c(C(F)(F)F)c2Cl)ccc1[N+](=O)[O-]. The van der Waals surface area contributed by atoms with Gasteiger partial charge >= 0.3 is 11.9 Å². The number of alkyl halides is 3. The van der Waals surface area contributed by atoms with Gasteiger partial charge in [0.2, 0.25) is 5.75 Å². The molecule has 0 N–H and O–H groups in total. The van der Waals surface area contributed by atoms with Crippen LogP contribution in [0.5, 0.6) is 17.4 Å². The number of rotatable bonds is 6. The molecule has 0 amide bonds. The van der Waals surface area contributed by atoms with E-state index in [2.05, 4.69) is 5.10 Å². The van der Waals surface area contributed by atoms with E-state index >= 15 is 0 Å². The molecule has 0 aliphatic carbocycles. The molecule has 1 aromatic heterocycles. The number of nitro groups is 1. The number of aromatic nitrogens is 2. The van der Waals surface area contributed by atoms with E-state index in [9.17, 15) is 23.3 Å². The van der Waals surface area contributed by atoms with Crippen LogP contribution in [0.1, 0.15) is 19.5 Å². The van der Waals surface area contributed by atoms with Crippen molar-refractivity contribution in [2.45, 2.75) is 20.0 Å². The number of ether oxygens (including phenoxy) is 2. The van der Waals surface area contributed by atoms with Gasteiger partial charge in [-0.25, -0.2) is 0 Å². The second-order valence-electron chi connectivity index (χ2n) is 5.78. The number of hydrogen-bond acceptors (Lipinski definition) is 5. The third-order valence-electron chi connectivity index (χ3n) is 3.14. The molecule has 1 heterocycles. The van der Waals surface area contributed by atoms with Crippen LogP contribution in [0.15, 0.2) is 18.2 Å². The molecule has 26 heavy (non-hydrogen) atoms. The molecular weight excluding hydrogens is 379 g/mol. The van der Waals surface area contributed by atoms with E-state index in [0.29, 0.717) is 4.68 Å². The summed E-state index contributed by atoms with van der Waals surface area (Å²) in [5.41, 5.74) is -1.45. The predicted molar refractivity (Wildman–Crippen MR) is 86.7 cm³/mol. The second kappa shape index (κ2) is 7.40. The van der Waals surface area contributed by atoms with Crippen molar-refractivity contribution in [3.05, 3.63) is 39.0 Å². The smallest absolute Gasteiger partial charge is 0.434 e. The molecule has 7 nitrogen and oxygen atoms in total.